The number of nitriles is 2. The number of rotatable bonds is 7. The number of nitrogens with zero attached hydrogens (tertiary/aromatic N) is 5. The lowest BCUT2D eigenvalue weighted by atomic mass is 10.1. The van der Waals surface area contributed by atoms with Crippen LogP contribution in [0.5, 0.6) is 0 Å². The van der Waals surface area contributed by atoms with E-state index >= 15 is 0 Å². The summed E-state index contributed by atoms with van der Waals surface area (Å²) in [5.74, 6) is 0.770. The van der Waals surface area contributed by atoms with Gasteiger partial charge >= 0.3 is 0 Å². The molecule has 2 aromatic rings. The average molecular weight is 312 g/mol. The third-order valence-corrected chi connectivity index (χ3v) is 3.45. The summed E-state index contributed by atoms with van der Waals surface area (Å²) in [5.41, 5.74) is 4.25. The molecular formula is C15H16N6S. The van der Waals surface area contributed by atoms with E-state index in [1.807, 2.05) is 30.3 Å². The normalized spacial score (nSPS) is 9.91. The molecule has 0 saturated carbocycles. The van der Waals surface area contributed by atoms with Gasteiger partial charge in [-0.15, -0.1) is 0 Å². The Balaban J connectivity index is 2.27. The van der Waals surface area contributed by atoms with Crippen molar-refractivity contribution >= 4 is 12.2 Å². The van der Waals surface area contributed by atoms with Crippen LogP contribution in [-0.4, -0.2) is 21.0 Å². The number of nitrogens with one attached hydrogen (secondary N) is 1. The summed E-state index contributed by atoms with van der Waals surface area (Å²) in [6, 6.07) is 14.1. The summed E-state index contributed by atoms with van der Waals surface area (Å²) >= 11 is 5.40. The number of hydrogen-bond donors (Lipinski definition) is 1. The van der Waals surface area contributed by atoms with Crippen LogP contribution in [0, 0.1) is 27.4 Å². The van der Waals surface area contributed by atoms with Crippen molar-refractivity contribution < 1.29 is 0 Å². The van der Waals surface area contributed by atoms with Crippen molar-refractivity contribution in [3.05, 3.63) is 46.5 Å². The van der Waals surface area contributed by atoms with Gasteiger partial charge in [-0.2, -0.15) is 15.6 Å². The average Bonchev–Trinajstić information content (AvgIpc) is 2.83. The van der Waals surface area contributed by atoms with Gasteiger partial charge in [0.25, 0.3) is 0 Å². The summed E-state index contributed by atoms with van der Waals surface area (Å²) in [6.45, 7) is 0.959. The van der Waals surface area contributed by atoms with Gasteiger partial charge in [-0.3, -0.25) is 0 Å². The van der Waals surface area contributed by atoms with Gasteiger partial charge in [-0.1, -0.05) is 30.3 Å². The largest absolute Gasteiger partial charge is 0.321 e. The molecule has 1 N–H and O–H groups in total. The first-order chi connectivity index (χ1) is 10.8. The first-order valence-corrected chi connectivity index (χ1v) is 7.37. The van der Waals surface area contributed by atoms with Crippen LogP contribution in [0.2, 0.25) is 0 Å². The van der Waals surface area contributed by atoms with Crippen molar-refractivity contribution in [1.29, 1.82) is 10.5 Å². The fraction of sp³-hybridized carbons (Fsp3) is 0.333. The maximum Gasteiger partial charge on any atom is 0.217 e. The van der Waals surface area contributed by atoms with Crippen molar-refractivity contribution in [3.63, 3.8) is 0 Å². The van der Waals surface area contributed by atoms with Gasteiger partial charge in [0.2, 0.25) is 4.77 Å². The molecule has 0 saturated heterocycles. The molecule has 0 bridgehead atoms. The Bertz CT molecular complexity index is 747. The van der Waals surface area contributed by atoms with Gasteiger partial charge in [0.05, 0.1) is 31.5 Å². The zero-order valence-corrected chi connectivity index (χ0v) is 12.9. The second-order valence-corrected chi connectivity index (χ2v) is 5.01. The van der Waals surface area contributed by atoms with Gasteiger partial charge in [-0.05, 0) is 17.8 Å². The molecule has 1 aromatic heterocycles. The Morgan fingerprint density at radius 1 is 1.14 bits per heavy atom. The molecule has 0 fully saturated rings. The summed E-state index contributed by atoms with van der Waals surface area (Å²) in [7, 11) is 0. The molecule has 7 heteroatoms. The molecule has 0 aliphatic carbocycles. The van der Waals surface area contributed by atoms with Crippen LogP contribution < -0.4 is 5.43 Å². The van der Waals surface area contributed by atoms with E-state index in [2.05, 4.69) is 22.7 Å². The molecular weight excluding hydrogens is 296 g/mol. The summed E-state index contributed by atoms with van der Waals surface area (Å²) in [4.78, 5) is 0. The highest BCUT2D eigenvalue weighted by atomic mass is 32.1. The number of aromatic nitrogens is 3. The molecule has 0 radical (unpaired) electrons. The van der Waals surface area contributed by atoms with E-state index in [9.17, 15) is 0 Å². The summed E-state index contributed by atoms with van der Waals surface area (Å²) in [5, 5.41) is 21.9. The third-order valence-electron chi connectivity index (χ3n) is 3.05. The van der Waals surface area contributed by atoms with Crippen molar-refractivity contribution in [2.75, 3.05) is 12.0 Å². The summed E-state index contributed by atoms with van der Waals surface area (Å²) < 4.78 is 3.90. The van der Waals surface area contributed by atoms with Gasteiger partial charge in [-0.25, -0.2) is 9.36 Å². The van der Waals surface area contributed by atoms with Crippen molar-refractivity contribution in [2.45, 2.75) is 25.8 Å². The van der Waals surface area contributed by atoms with Crippen LogP contribution in [0.4, 0.5) is 0 Å². The summed E-state index contributed by atoms with van der Waals surface area (Å²) in [6.07, 6.45) is 1.37. The minimum absolute atomic E-state index is 0.355. The van der Waals surface area contributed by atoms with Gasteiger partial charge in [0, 0.05) is 13.0 Å². The van der Waals surface area contributed by atoms with Crippen LogP contribution in [0.1, 0.15) is 24.2 Å². The molecule has 0 unspecified atom stereocenters. The topological polar surface area (TPSA) is 82.4 Å². The molecule has 1 aromatic carbocycles. The van der Waals surface area contributed by atoms with E-state index in [1.165, 1.54) is 0 Å². The highest BCUT2D eigenvalue weighted by molar-refractivity contribution is 7.71. The Kier molecular flexibility index (Phi) is 5.70. The number of aryl methyl sites for hydroxylation is 1. The fourth-order valence-electron chi connectivity index (χ4n) is 2.03. The van der Waals surface area contributed by atoms with E-state index in [0.717, 1.165) is 11.4 Å². The predicted molar refractivity (Wildman–Crippen MR) is 85.0 cm³/mol. The number of hydrogen-bond acceptors (Lipinski definition) is 5. The SMILES string of the molecule is N#CCCNn1c(Cc2ccccc2)nn(CCC#N)c1=S. The molecule has 0 spiro atoms. The van der Waals surface area contributed by atoms with Crippen molar-refractivity contribution in [1.82, 2.24) is 14.5 Å². The number of benzene rings is 1. The lowest BCUT2D eigenvalue weighted by Gasteiger charge is -2.08. The van der Waals surface area contributed by atoms with Gasteiger partial charge in [0.15, 0.2) is 5.82 Å². The van der Waals surface area contributed by atoms with E-state index < -0.39 is 0 Å². The highest BCUT2D eigenvalue weighted by Gasteiger charge is 2.11. The zero-order valence-electron chi connectivity index (χ0n) is 12.1. The maximum absolute atomic E-state index is 8.72. The molecule has 0 atom stereocenters. The smallest absolute Gasteiger partial charge is 0.217 e. The quantitative estimate of drug-likeness (QED) is 0.627. The standard InChI is InChI=1S/C15H16N6S/c16-8-4-10-18-21-14(12-13-6-2-1-3-7-13)19-20(15(21)22)11-5-9-17/h1-3,6-7,18H,4-5,10-12H2. The maximum atomic E-state index is 8.72. The molecule has 22 heavy (non-hydrogen) atoms. The highest BCUT2D eigenvalue weighted by Crippen LogP contribution is 2.08. The van der Waals surface area contributed by atoms with Crippen LogP contribution in [0.15, 0.2) is 30.3 Å². The molecule has 6 nitrogen and oxygen atoms in total. The second kappa shape index (κ2) is 7.96. The molecule has 0 amide bonds. The first-order valence-electron chi connectivity index (χ1n) is 6.96. The predicted octanol–water partition coefficient (Wildman–Crippen LogP) is 2.38. The molecule has 0 aliphatic rings. The minimum atomic E-state index is 0.355. The Hall–Kier alpha value is -2.64. The molecule has 2 rings (SSSR count). The molecule has 0 aliphatic heterocycles. The minimum Gasteiger partial charge on any atom is -0.321 e. The van der Waals surface area contributed by atoms with Crippen molar-refractivity contribution in [3.8, 4) is 12.1 Å². The van der Waals surface area contributed by atoms with Crippen LogP contribution in [0.3, 0.4) is 0 Å². The Morgan fingerprint density at radius 2 is 1.86 bits per heavy atom. The molecule has 1 heterocycles. The van der Waals surface area contributed by atoms with E-state index in [1.54, 1.807) is 9.36 Å². The second-order valence-electron chi connectivity index (χ2n) is 4.64. The van der Waals surface area contributed by atoms with E-state index in [0.29, 0.717) is 37.1 Å². The van der Waals surface area contributed by atoms with Crippen LogP contribution in [0.25, 0.3) is 0 Å². The Labute approximate surface area is 134 Å². The first kappa shape index (κ1) is 15.7. The monoisotopic (exact) mass is 312 g/mol. The fourth-order valence-corrected chi connectivity index (χ4v) is 2.33. The Morgan fingerprint density at radius 3 is 2.55 bits per heavy atom. The van der Waals surface area contributed by atoms with Crippen molar-refractivity contribution in [2.24, 2.45) is 0 Å². The lowest BCUT2D eigenvalue weighted by molar-refractivity contribution is 0.608. The third kappa shape index (κ3) is 3.94. The van der Waals surface area contributed by atoms with Crippen LogP contribution >= 0.6 is 12.2 Å². The van der Waals surface area contributed by atoms with E-state index in [-0.39, 0.29) is 0 Å². The molecule has 112 valence electrons. The van der Waals surface area contributed by atoms with E-state index in [4.69, 9.17) is 22.7 Å². The van der Waals surface area contributed by atoms with Gasteiger partial charge in [0.1, 0.15) is 0 Å². The van der Waals surface area contributed by atoms with Gasteiger partial charge < -0.3 is 5.43 Å². The zero-order chi connectivity index (χ0) is 15.8. The lowest BCUT2D eigenvalue weighted by Crippen LogP contribution is -2.19. The van der Waals surface area contributed by atoms with Crippen LogP contribution in [-0.2, 0) is 13.0 Å².